The van der Waals surface area contributed by atoms with Gasteiger partial charge in [0.15, 0.2) is 0 Å². The molecule has 0 bridgehead atoms. The first-order chi connectivity index (χ1) is 8.65. The first kappa shape index (κ1) is 12.3. The van der Waals surface area contributed by atoms with Crippen molar-refractivity contribution in [2.24, 2.45) is 0 Å². The summed E-state index contributed by atoms with van der Waals surface area (Å²) in [6.07, 6.45) is 4.03. The number of hydrogen-bond acceptors (Lipinski definition) is 2. The van der Waals surface area contributed by atoms with Gasteiger partial charge in [-0.1, -0.05) is 17.7 Å². The highest BCUT2D eigenvalue weighted by molar-refractivity contribution is 6.31. The SMILES string of the molecule is Cc1c(Cl)cccc1NC1CC(C)N(C2CC2)C1. The number of halogens is 1. The van der Waals surface area contributed by atoms with E-state index < -0.39 is 0 Å². The van der Waals surface area contributed by atoms with Crippen LogP contribution in [0.4, 0.5) is 5.69 Å². The van der Waals surface area contributed by atoms with Gasteiger partial charge < -0.3 is 5.32 Å². The van der Waals surface area contributed by atoms with Crippen molar-refractivity contribution in [1.82, 2.24) is 4.90 Å². The molecule has 1 heterocycles. The third kappa shape index (κ3) is 2.36. The summed E-state index contributed by atoms with van der Waals surface area (Å²) in [6, 6.07) is 8.26. The lowest BCUT2D eigenvalue weighted by Crippen LogP contribution is -2.31. The second kappa shape index (κ2) is 4.75. The van der Waals surface area contributed by atoms with Crippen molar-refractivity contribution in [1.29, 1.82) is 0 Å². The van der Waals surface area contributed by atoms with Crippen molar-refractivity contribution in [3.05, 3.63) is 28.8 Å². The van der Waals surface area contributed by atoms with Gasteiger partial charge in [0.2, 0.25) is 0 Å². The van der Waals surface area contributed by atoms with E-state index in [0.29, 0.717) is 6.04 Å². The molecule has 2 atom stereocenters. The van der Waals surface area contributed by atoms with Gasteiger partial charge in [-0.15, -0.1) is 0 Å². The summed E-state index contributed by atoms with van der Waals surface area (Å²) in [6.45, 7) is 5.62. The number of nitrogens with zero attached hydrogens (tertiary/aromatic N) is 1. The molecule has 1 aromatic rings. The second-order valence-electron chi connectivity index (χ2n) is 5.77. The first-order valence-electron chi connectivity index (χ1n) is 6.92. The molecule has 18 heavy (non-hydrogen) atoms. The molecule has 0 radical (unpaired) electrons. The molecule has 0 aromatic heterocycles. The van der Waals surface area contributed by atoms with Crippen molar-refractivity contribution >= 4 is 17.3 Å². The molecule has 2 nitrogen and oxygen atoms in total. The van der Waals surface area contributed by atoms with Gasteiger partial charge in [-0.3, -0.25) is 4.90 Å². The number of anilines is 1. The molecule has 2 aliphatic rings. The monoisotopic (exact) mass is 264 g/mol. The van der Waals surface area contributed by atoms with Crippen molar-refractivity contribution in [3.8, 4) is 0 Å². The number of rotatable bonds is 3. The van der Waals surface area contributed by atoms with Gasteiger partial charge in [-0.05, 0) is 50.8 Å². The highest BCUT2D eigenvalue weighted by Gasteiger charge is 2.38. The van der Waals surface area contributed by atoms with E-state index in [2.05, 4.69) is 30.1 Å². The highest BCUT2D eigenvalue weighted by atomic mass is 35.5. The van der Waals surface area contributed by atoms with Crippen LogP contribution in [0.3, 0.4) is 0 Å². The molecule has 2 fully saturated rings. The van der Waals surface area contributed by atoms with E-state index in [0.717, 1.165) is 22.7 Å². The average Bonchev–Trinajstić information content (AvgIpc) is 3.10. The minimum absolute atomic E-state index is 0.567. The fourth-order valence-corrected chi connectivity index (χ4v) is 3.23. The van der Waals surface area contributed by atoms with E-state index in [9.17, 15) is 0 Å². The van der Waals surface area contributed by atoms with E-state index in [1.54, 1.807) is 0 Å². The van der Waals surface area contributed by atoms with E-state index in [1.807, 2.05) is 12.1 Å². The number of likely N-dealkylation sites (tertiary alicyclic amines) is 1. The zero-order valence-electron chi connectivity index (χ0n) is 11.1. The molecule has 3 heteroatoms. The van der Waals surface area contributed by atoms with E-state index in [4.69, 9.17) is 11.6 Å². The van der Waals surface area contributed by atoms with Crippen LogP contribution in [0.15, 0.2) is 18.2 Å². The Morgan fingerprint density at radius 1 is 1.33 bits per heavy atom. The molecule has 1 N–H and O–H groups in total. The summed E-state index contributed by atoms with van der Waals surface area (Å²) in [7, 11) is 0. The fraction of sp³-hybridized carbons (Fsp3) is 0.600. The summed E-state index contributed by atoms with van der Waals surface area (Å²) < 4.78 is 0. The molecule has 3 rings (SSSR count). The summed E-state index contributed by atoms with van der Waals surface area (Å²) in [5.41, 5.74) is 2.36. The predicted octanol–water partition coefficient (Wildman–Crippen LogP) is 3.69. The lowest BCUT2D eigenvalue weighted by atomic mass is 10.1. The van der Waals surface area contributed by atoms with Gasteiger partial charge in [0.25, 0.3) is 0 Å². The van der Waals surface area contributed by atoms with Crippen LogP contribution in [0.1, 0.15) is 31.7 Å². The Labute approximate surface area is 114 Å². The van der Waals surface area contributed by atoms with Crippen molar-refractivity contribution in [2.75, 3.05) is 11.9 Å². The van der Waals surface area contributed by atoms with Crippen LogP contribution in [-0.4, -0.2) is 29.6 Å². The van der Waals surface area contributed by atoms with Crippen LogP contribution in [0.2, 0.25) is 5.02 Å². The van der Waals surface area contributed by atoms with Gasteiger partial charge in [0.1, 0.15) is 0 Å². The maximum atomic E-state index is 6.17. The van der Waals surface area contributed by atoms with Gasteiger partial charge >= 0.3 is 0 Å². The number of nitrogens with one attached hydrogen (secondary N) is 1. The van der Waals surface area contributed by atoms with E-state index >= 15 is 0 Å². The van der Waals surface area contributed by atoms with Crippen molar-refractivity contribution < 1.29 is 0 Å². The normalized spacial score (nSPS) is 28.6. The molecule has 1 aromatic carbocycles. The Hall–Kier alpha value is -0.730. The second-order valence-corrected chi connectivity index (χ2v) is 6.17. The maximum Gasteiger partial charge on any atom is 0.0455 e. The zero-order chi connectivity index (χ0) is 12.7. The van der Waals surface area contributed by atoms with Crippen LogP contribution in [-0.2, 0) is 0 Å². The smallest absolute Gasteiger partial charge is 0.0455 e. The van der Waals surface area contributed by atoms with E-state index in [-0.39, 0.29) is 0 Å². The molecule has 98 valence electrons. The predicted molar refractivity (Wildman–Crippen MR) is 77.4 cm³/mol. The molecular weight excluding hydrogens is 244 g/mol. The Morgan fingerprint density at radius 2 is 2.11 bits per heavy atom. The average molecular weight is 265 g/mol. The Balaban J connectivity index is 1.68. The van der Waals surface area contributed by atoms with Crippen molar-refractivity contribution in [3.63, 3.8) is 0 Å². The minimum Gasteiger partial charge on any atom is -0.381 e. The van der Waals surface area contributed by atoms with Crippen LogP contribution in [0, 0.1) is 6.92 Å². The van der Waals surface area contributed by atoms with Crippen LogP contribution in [0.5, 0.6) is 0 Å². The third-order valence-corrected chi connectivity index (χ3v) is 4.68. The summed E-state index contributed by atoms with van der Waals surface area (Å²) in [5.74, 6) is 0. The van der Waals surface area contributed by atoms with Crippen molar-refractivity contribution in [2.45, 2.75) is 51.2 Å². The number of hydrogen-bond donors (Lipinski definition) is 1. The fourth-order valence-electron chi connectivity index (χ4n) is 3.06. The molecule has 2 unspecified atom stereocenters. The highest BCUT2D eigenvalue weighted by Crippen LogP contribution is 2.34. The lowest BCUT2D eigenvalue weighted by molar-refractivity contribution is 0.257. The molecule has 0 spiro atoms. The van der Waals surface area contributed by atoms with Crippen LogP contribution < -0.4 is 5.32 Å². The first-order valence-corrected chi connectivity index (χ1v) is 7.30. The van der Waals surface area contributed by atoms with Gasteiger partial charge in [-0.25, -0.2) is 0 Å². The molecule has 0 amide bonds. The number of benzene rings is 1. The van der Waals surface area contributed by atoms with E-state index in [1.165, 1.54) is 31.5 Å². The maximum absolute atomic E-state index is 6.17. The minimum atomic E-state index is 0.567. The Morgan fingerprint density at radius 3 is 2.83 bits per heavy atom. The molecule has 1 saturated carbocycles. The zero-order valence-corrected chi connectivity index (χ0v) is 11.9. The Bertz CT molecular complexity index is 442. The Kier molecular flexibility index (Phi) is 3.25. The molecule has 1 saturated heterocycles. The standard InChI is InChI=1S/C15H21ClN2/c1-10-8-12(9-18(10)13-6-7-13)17-15-5-3-4-14(16)11(15)2/h3-5,10,12-13,17H,6-9H2,1-2H3. The molecule has 1 aliphatic heterocycles. The molecular formula is C15H21ClN2. The van der Waals surface area contributed by atoms with Gasteiger partial charge in [-0.2, -0.15) is 0 Å². The summed E-state index contributed by atoms with van der Waals surface area (Å²) >= 11 is 6.17. The lowest BCUT2D eigenvalue weighted by Gasteiger charge is -2.20. The largest absolute Gasteiger partial charge is 0.381 e. The quantitative estimate of drug-likeness (QED) is 0.896. The molecule has 1 aliphatic carbocycles. The van der Waals surface area contributed by atoms with Crippen LogP contribution in [0.25, 0.3) is 0 Å². The topological polar surface area (TPSA) is 15.3 Å². The van der Waals surface area contributed by atoms with Gasteiger partial charge in [0.05, 0.1) is 0 Å². The summed E-state index contributed by atoms with van der Waals surface area (Å²) in [5, 5.41) is 4.52. The van der Waals surface area contributed by atoms with Crippen LogP contribution >= 0.6 is 11.6 Å². The van der Waals surface area contributed by atoms with Gasteiger partial charge in [0, 0.05) is 35.4 Å². The third-order valence-electron chi connectivity index (χ3n) is 4.27. The summed E-state index contributed by atoms with van der Waals surface area (Å²) in [4.78, 5) is 2.66.